The summed E-state index contributed by atoms with van der Waals surface area (Å²) in [7, 11) is 0. The van der Waals surface area contributed by atoms with E-state index < -0.39 is 17.7 Å². The molecule has 0 radical (unpaired) electrons. The normalized spacial score (nSPS) is 8.44. The molecule has 0 bridgehead atoms. The number of nitriles is 1. The van der Waals surface area contributed by atoms with Crippen LogP contribution in [-0.4, -0.2) is 11.8 Å². The van der Waals surface area contributed by atoms with Crippen LogP contribution in [0.1, 0.15) is 0 Å². The molecule has 0 aliphatic carbocycles. The molecule has 9 heavy (non-hydrogen) atoms. The van der Waals surface area contributed by atoms with Crippen molar-refractivity contribution in [3.05, 3.63) is 0 Å². The van der Waals surface area contributed by atoms with Gasteiger partial charge in [-0.25, -0.2) is 0 Å². The third-order valence-electron chi connectivity index (χ3n) is 0.698. The third kappa shape index (κ3) is 1.78. The lowest BCUT2D eigenvalue weighted by molar-refractivity contribution is -0.129. The summed E-state index contributed by atoms with van der Waals surface area (Å²) in [5, 5.41) is 8.02. The number of amides is 2. The molecule has 0 saturated heterocycles. The van der Waals surface area contributed by atoms with Gasteiger partial charge in [-0.3, -0.25) is 9.59 Å². The van der Waals surface area contributed by atoms with Crippen molar-refractivity contribution in [2.24, 2.45) is 17.4 Å². The van der Waals surface area contributed by atoms with Crippen LogP contribution >= 0.6 is 0 Å². The van der Waals surface area contributed by atoms with E-state index in [1.165, 1.54) is 6.07 Å². The smallest absolute Gasteiger partial charge is 0.244 e. The number of primary amides is 2. The molecule has 0 spiro atoms. The Labute approximate surface area is 51.2 Å². The number of carbonyl (C=O) groups excluding carboxylic acids is 2. The number of hydrogen-bond donors (Lipinski definition) is 2. The maximum absolute atomic E-state index is 10.1. The van der Waals surface area contributed by atoms with E-state index in [2.05, 4.69) is 11.5 Å². The maximum atomic E-state index is 10.1. The Morgan fingerprint density at radius 2 is 1.67 bits per heavy atom. The van der Waals surface area contributed by atoms with E-state index >= 15 is 0 Å². The van der Waals surface area contributed by atoms with Crippen molar-refractivity contribution in [1.29, 1.82) is 5.26 Å². The summed E-state index contributed by atoms with van der Waals surface area (Å²) >= 11 is 0. The molecule has 0 rings (SSSR count). The first-order valence-corrected chi connectivity index (χ1v) is 2.08. The van der Waals surface area contributed by atoms with E-state index in [4.69, 9.17) is 5.26 Å². The van der Waals surface area contributed by atoms with Crippen LogP contribution in [0.25, 0.3) is 0 Å². The summed E-state index contributed by atoms with van der Waals surface area (Å²) in [5.41, 5.74) is 9.17. The molecule has 48 valence electrons. The lowest BCUT2D eigenvalue weighted by Gasteiger charge is -1.94. The number of rotatable bonds is 2. The van der Waals surface area contributed by atoms with Gasteiger partial charge in [0.1, 0.15) is 0 Å². The van der Waals surface area contributed by atoms with Gasteiger partial charge in [0.05, 0.1) is 6.07 Å². The predicted octanol–water partition coefficient (Wildman–Crippen LogP) is -1.90. The molecule has 0 aliphatic rings. The number of carbonyl (C=O) groups is 2. The van der Waals surface area contributed by atoms with E-state index in [1.807, 2.05) is 0 Å². The van der Waals surface area contributed by atoms with Crippen LogP contribution in [0.3, 0.4) is 0 Å². The highest BCUT2D eigenvalue weighted by atomic mass is 16.2. The Kier molecular flexibility index (Phi) is 2.20. The fraction of sp³-hybridized carbons (Fsp3) is 0.250. The second-order valence-electron chi connectivity index (χ2n) is 1.37. The quantitative estimate of drug-likeness (QED) is 0.422. The zero-order chi connectivity index (χ0) is 7.44. The first-order chi connectivity index (χ1) is 4.09. The van der Waals surface area contributed by atoms with Crippen LogP contribution in [-0.2, 0) is 9.59 Å². The van der Waals surface area contributed by atoms with Crippen molar-refractivity contribution in [3.63, 3.8) is 0 Å². The molecular formula is C4H5N3O2. The van der Waals surface area contributed by atoms with Crippen molar-refractivity contribution >= 4 is 11.8 Å². The number of hydrogen-bond acceptors (Lipinski definition) is 3. The first-order valence-electron chi connectivity index (χ1n) is 2.08. The summed E-state index contributed by atoms with van der Waals surface area (Å²) in [6, 6.07) is 1.35. The van der Waals surface area contributed by atoms with Gasteiger partial charge in [0, 0.05) is 0 Å². The van der Waals surface area contributed by atoms with Gasteiger partial charge in [0.15, 0.2) is 0 Å². The van der Waals surface area contributed by atoms with Gasteiger partial charge in [-0.05, 0) is 0 Å². The van der Waals surface area contributed by atoms with Crippen LogP contribution in [0.5, 0.6) is 0 Å². The Morgan fingerprint density at radius 3 is 1.67 bits per heavy atom. The fourth-order valence-corrected chi connectivity index (χ4v) is 0.267. The molecular weight excluding hydrogens is 122 g/mol. The monoisotopic (exact) mass is 127 g/mol. The van der Waals surface area contributed by atoms with Crippen molar-refractivity contribution in [2.45, 2.75) is 0 Å². The molecule has 4 N–H and O–H groups in total. The maximum Gasteiger partial charge on any atom is 0.244 e. The van der Waals surface area contributed by atoms with Gasteiger partial charge < -0.3 is 11.5 Å². The average Bonchev–Trinajstić information content (AvgIpc) is 1.64. The third-order valence-corrected chi connectivity index (χ3v) is 0.698. The lowest BCUT2D eigenvalue weighted by atomic mass is 10.1. The van der Waals surface area contributed by atoms with Gasteiger partial charge in [-0.15, -0.1) is 0 Å². The van der Waals surface area contributed by atoms with Crippen LogP contribution in [0.15, 0.2) is 0 Å². The first kappa shape index (κ1) is 7.43. The van der Waals surface area contributed by atoms with E-state index in [-0.39, 0.29) is 0 Å². The molecule has 5 heteroatoms. The van der Waals surface area contributed by atoms with Crippen molar-refractivity contribution in [2.75, 3.05) is 0 Å². The summed E-state index contributed by atoms with van der Waals surface area (Å²) in [6.07, 6.45) is 0. The Bertz CT molecular complexity index is 167. The minimum absolute atomic E-state index is 1.01. The molecule has 0 atom stereocenters. The minimum atomic E-state index is -1.50. The topological polar surface area (TPSA) is 110 Å². The second-order valence-corrected chi connectivity index (χ2v) is 1.37. The second kappa shape index (κ2) is 2.67. The number of nitrogens with two attached hydrogens (primary N) is 2. The highest BCUT2D eigenvalue weighted by Crippen LogP contribution is 1.88. The van der Waals surface area contributed by atoms with Gasteiger partial charge in [0.25, 0.3) is 0 Å². The van der Waals surface area contributed by atoms with Gasteiger partial charge in [-0.1, -0.05) is 0 Å². The van der Waals surface area contributed by atoms with Gasteiger partial charge in [-0.2, -0.15) is 5.26 Å². The van der Waals surface area contributed by atoms with E-state index in [0.717, 1.165) is 0 Å². The molecule has 5 nitrogen and oxygen atoms in total. The molecule has 0 aromatic heterocycles. The van der Waals surface area contributed by atoms with Gasteiger partial charge >= 0.3 is 0 Å². The lowest BCUT2D eigenvalue weighted by Crippen LogP contribution is -2.33. The van der Waals surface area contributed by atoms with E-state index in [1.54, 1.807) is 0 Å². The summed E-state index contributed by atoms with van der Waals surface area (Å²) in [6.45, 7) is 0. The van der Waals surface area contributed by atoms with Gasteiger partial charge in [0.2, 0.25) is 17.7 Å². The summed E-state index contributed by atoms with van der Waals surface area (Å²) < 4.78 is 0. The highest BCUT2D eigenvalue weighted by molar-refractivity contribution is 6.01. The Hall–Kier alpha value is -1.57. The SMILES string of the molecule is N#CC(C(N)=O)C(N)=O. The summed E-state index contributed by atoms with van der Waals surface area (Å²) in [5.74, 6) is -3.51. The Morgan fingerprint density at radius 1 is 1.33 bits per heavy atom. The molecule has 2 amide bonds. The number of nitrogens with zero attached hydrogens (tertiary/aromatic N) is 1. The molecule has 0 fully saturated rings. The van der Waals surface area contributed by atoms with Crippen molar-refractivity contribution < 1.29 is 9.59 Å². The van der Waals surface area contributed by atoms with E-state index in [0.29, 0.717) is 0 Å². The minimum Gasteiger partial charge on any atom is -0.368 e. The van der Waals surface area contributed by atoms with Crippen molar-refractivity contribution in [1.82, 2.24) is 0 Å². The van der Waals surface area contributed by atoms with Crippen LogP contribution in [0.4, 0.5) is 0 Å². The molecule has 0 aromatic rings. The van der Waals surface area contributed by atoms with Crippen LogP contribution in [0.2, 0.25) is 0 Å². The highest BCUT2D eigenvalue weighted by Gasteiger charge is 2.19. The molecule has 0 aromatic carbocycles. The average molecular weight is 127 g/mol. The molecule has 0 unspecified atom stereocenters. The largest absolute Gasteiger partial charge is 0.368 e. The molecule has 0 heterocycles. The zero-order valence-corrected chi connectivity index (χ0v) is 4.50. The standard InChI is InChI=1S/C4H5N3O2/c5-1-2(3(6)8)4(7)9/h2H,(H2,6,8)(H2,7,9). The van der Waals surface area contributed by atoms with Crippen LogP contribution < -0.4 is 11.5 Å². The summed E-state index contributed by atoms with van der Waals surface area (Å²) in [4.78, 5) is 20.1. The van der Waals surface area contributed by atoms with E-state index in [9.17, 15) is 9.59 Å². The predicted molar refractivity (Wildman–Crippen MR) is 27.5 cm³/mol. The molecule has 0 saturated carbocycles. The van der Waals surface area contributed by atoms with Crippen LogP contribution in [0, 0.1) is 17.2 Å². The fourth-order valence-electron chi connectivity index (χ4n) is 0.267. The molecule has 0 aliphatic heterocycles. The van der Waals surface area contributed by atoms with Crippen molar-refractivity contribution in [3.8, 4) is 6.07 Å². The zero-order valence-electron chi connectivity index (χ0n) is 4.50. The Balaban J connectivity index is 4.22.